The van der Waals surface area contributed by atoms with Crippen molar-refractivity contribution in [2.45, 2.75) is 24.9 Å². The Balaban J connectivity index is 1.38. The highest BCUT2D eigenvalue weighted by molar-refractivity contribution is 6.30. The first-order valence-electron chi connectivity index (χ1n) is 9.63. The summed E-state index contributed by atoms with van der Waals surface area (Å²) in [7, 11) is 0. The largest absolute Gasteiger partial charge is 0.418 e. The molecule has 10 heteroatoms. The molecule has 0 aliphatic carbocycles. The van der Waals surface area contributed by atoms with E-state index in [-0.39, 0.29) is 11.6 Å². The second-order valence-electron chi connectivity index (χ2n) is 7.20. The maximum atomic E-state index is 13.1. The van der Waals surface area contributed by atoms with E-state index in [1.54, 1.807) is 18.2 Å². The van der Waals surface area contributed by atoms with Gasteiger partial charge in [0.15, 0.2) is 0 Å². The van der Waals surface area contributed by atoms with Crippen molar-refractivity contribution in [1.82, 2.24) is 15.0 Å². The third kappa shape index (κ3) is 4.82. The van der Waals surface area contributed by atoms with Crippen molar-refractivity contribution in [2.75, 3.05) is 18.4 Å². The Kier molecular flexibility index (Phi) is 5.86. The number of likely N-dealkylation sites (tertiary alicyclic amines) is 1. The summed E-state index contributed by atoms with van der Waals surface area (Å²) in [4.78, 5) is 18.4. The molecule has 31 heavy (non-hydrogen) atoms. The molecule has 6 nitrogen and oxygen atoms in total. The molecule has 1 aliphatic heterocycles. The molecule has 0 unspecified atom stereocenters. The Hall–Kier alpha value is -3.07. The van der Waals surface area contributed by atoms with Gasteiger partial charge in [0.2, 0.25) is 11.7 Å². The molecule has 0 spiro atoms. The van der Waals surface area contributed by atoms with Gasteiger partial charge in [0.25, 0.3) is 0 Å². The second kappa shape index (κ2) is 8.58. The summed E-state index contributed by atoms with van der Waals surface area (Å²) in [5.41, 5.74) is -0.398. The summed E-state index contributed by atoms with van der Waals surface area (Å²) in [6.45, 7) is 0.721. The first-order chi connectivity index (χ1) is 14.8. The molecule has 2 amide bonds. The maximum absolute atomic E-state index is 13.1. The van der Waals surface area contributed by atoms with E-state index < -0.39 is 17.8 Å². The number of alkyl halides is 3. The SMILES string of the molecule is O=C(Nc1ccccc1C(F)(F)F)N1CCC(c2nc(-c3cccc(Cl)c3)no2)CC1. The van der Waals surface area contributed by atoms with Crippen LogP contribution in [0.25, 0.3) is 11.4 Å². The third-order valence-electron chi connectivity index (χ3n) is 5.13. The quantitative estimate of drug-likeness (QED) is 0.545. The van der Waals surface area contributed by atoms with E-state index in [0.717, 1.165) is 11.6 Å². The van der Waals surface area contributed by atoms with Crippen molar-refractivity contribution < 1.29 is 22.5 Å². The minimum absolute atomic E-state index is 0.0352. The number of carbonyl (C=O) groups excluding carboxylic acids is 1. The molecule has 2 heterocycles. The average molecular weight is 451 g/mol. The van der Waals surface area contributed by atoms with Gasteiger partial charge < -0.3 is 14.7 Å². The van der Waals surface area contributed by atoms with Crippen LogP contribution in [0.3, 0.4) is 0 Å². The zero-order valence-corrected chi connectivity index (χ0v) is 17.0. The van der Waals surface area contributed by atoms with Gasteiger partial charge in [-0.3, -0.25) is 0 Å². The van der Waals surface area contributed by atoms with E-state index >= 15 is 0 Å². The Morgan fingerprint density at radius 3 is 2.58 bits per heavy atom. The number of para-hydroxylation sites is 1. The van der Waals surface area contributed by atoms with Gasteiger partial charge in [0.1, 0.15) is 0 Å². The molecule has 1 aliphatic rings. The van der Waals surface area contributed by atoms with Crippen LogP contribution in [0.4, 0.5) is 23.7 Å². The molecular formula is C21H18ClF3N4O2. The van der Waals surface area contributed by atoms with E-state index in [4.69, 9.17) is 16.1 Å². The number of aromatic nitrogens is 2. The number of amides is 2. The van der Waals surface area contributed by atoms with E-state index in [9.17, 15) is 18.0 Å². The van der Waals surface area contributed by atoms with Gasteiger partial charge in [-0.15, -0.1) is 0 Å². The second-order valence-corrected chi connectivity index (χ2v) is 7.64. The minimum atomic E-state index is -4.55. The normalized spacial score (nSPS) is 15.2. The van der Waals surface area contributed by atoms with E-state index in [0.29, 0.717) is 42.7 Å². The third-order valence-corrected chi connectivity index (χ3v) is 5.37. The molecule has 4 rings (SSSR count). The molecule has 1 aromatic heterocycles. The van der Waals surface area contributed by atoms with Gasteiger partial charge in [-0.1, -0.05) is 41.0 Å². The number of anilines is 1. The minimum Gasteiger partial charge on any atom is -0.339 e. The van der Waals surface area contributed by atoms with Crippen LogP contribution in [0.15, 0.2) is 53.1 Å². The molecule has 0 bridgehead atoms. The van der Waals surface area contributed by atoms with Crippen molar-refractivity contribution in [3.05, 3.63) is 65.0 Å². The summed E-state index contributed by atoms with van der Waals surface area (Å²) < 4.78 is 44.8. The van der Waals surface area contributed by atoms with Gasteiger partial charge >= 0.3 is 12.2 Å². The van der Waals surface area contributed by atoms with Crippen LogP contribution in [0.5, 0.6) is 0 Å². The number of halogens is 4. The van der Waals surface area contributed by atoms with Crippen LogP contribution < -0.4 is 5.32 Å². The fourth-order valence-corrected chi connectivity index (χ4v) is 3.70. The predicted octanol–water partition coefficient (Wildman–Crippen LogP) is 5.82. The summed E-state index contributed by atoms with van der Waals surface area (Å²) in [6, 6.07) is 11.4. The summed E-state index contributed by atoms with van der Waals surface area (Å²) in [5.74, 6) is 0.867. The zero-order chi connectivity index (χ0) is 22.0. The number of urea groups is 1. The lowest BCUT2D eigenvalue weighted by Gasteiger charge is -2.30. The standard InChI is InChI=1S/C21H18ClF3N4O2/c22-15-5-3-4-14(12-15)18-27-19(31-28-18)13-8-10-29(11-9-13)20(30)26-17-7-2-1-6-16(17)21(23,24)25/h1-7,12-13H,8-11H2,(H,26,30). The zero-order valence-electron chi connectivity index (χ0n) is 16.2. The highest BCUT2D eigenvalue weighted by Gasteiger charge is 2.34. The first-order valence-corrected chi connectivity index (χ1v) is 10.0. The van der Waals surface area contributed by atoms with Crippen LogP contribution in [-0.2, 0) is 6.18 Å². The van der Waals surface area contributed by atoms with Crippen LogP contribution in [-0.4, -0.2) is 34.2 Å². The van der Waals surface area contributed by atoms with Gasteiger partial charge in [-0.2, -0.15) is 18.2 Å². The van der Waals surface area contributed by atoms with Gasteiger partial charge in [0, 0.05) is 29.6 Å². The first kappa shape index (κ1) is 21.2. The Bertz CT molecular complexity index is 1080. The molecule has 0 saturated carbocycles. The molecule has 2 aromatic carbocycles. The summed E-state index contributed by atoms with van der Waals surface area (Å²) >= 11 is 6.00. The van der Waals surface area contributed by atoms with Crippen LogP contribution >= 0.6 is 11.6 Å². The van der Waals surface area contributed by atoms with Crippen molar-refractivity contribution in [1.29, 1.82) is 0 Å². The van der Waals surface area contributed by atoms with Crippen molar-refractivity contribution in [2.24, 2.45) is 0 Å². The van der Waals surface area contributed by atoms with Crippen molar-refractivity contribution >= 4 is 23.3 Å². The topological polar surface area (TPSA) is 71.3 Å². The number of hydrogen-bond donors (Lipinski definition) is 1. The molecule has 1 fully saturated rings. The average Bonchev–Trinajstić information content (AvgIpc) is 3.24. The fraction of sp³-hybridized carbons (Fsp3) is 0.286. The highest BCUT2D eigenvalue weighted by Crippen LogP contribution is 2.35. The predicted molar refractivity (Wildman–Crippen MR) is 109 cm³/mol. The number of hydrogen-bond acceptors (Lipinski definition) is 4. The molecule has 3 aromatic rings. The van der Waals surface area contributed by atoms with Gasteiger partial charge in [0.05, 0.1) is 11.3 Å². The van der Waals surface area contributed by atoms with Crippen LogP contribution in [0.1, 0.15) is 30.2 Å². The molecule has 1 N–H and O–H groups in total. The number of benzene rings is 2. The van der Waals surface area contributed by atoms with E-state index in [2.05, 4.69) is 15.5 Å². The van der Waals surface area contributed by atoms with Crippen LogP contribution in [0.2, 0.25) is 5.02 Å². The maximum Gasteiger partial charge on any atom is 0.418 e. The number of nitrogens with one attached hydrogen (secondary N) is 1. The molecular weight excluding hydrogens is 433 g/mol. The molecule has 0 atom stereocenters. The number of carbonyl (C=O) groups is 1. The number of rotatable bonds is 3. The summed E-state index contributed by atoms with van der Waals surface area (Å²) in [6.07, 6.45) is -3.42. The summed E-state index contributed by atoms with van der Waals surface area (Å²) in [5, 5.41) is 6.94. The Morgan fingerprint density at radius 2 is 1.87 bits per heavy atom. The van der Waals surface area contributed by atoms with Crippen LogP contribution in [0, 0.1) is 0 Å². The smallest absolute Gasteiger partial charge is 0.339 e. The monoisotopic (exact) mass is 450 g/mol. The number of nitrogens with zero attached hydrogens (tertiary/aromatic N) is 3. The lowest BCUT2D eigenvalue weighted by Crippen LogP contribution is -2.40. The molecule has 162 valence electrons. The lowest BCUT2D eigenvalue weighted by atomic mass is 9.97. The van der Waals surface area contributed by atoms with Gasteiger partial charge in [-0.05, 0) is 37.1 Å². The molecule has 0 radical (unpaired) electrons. The number of piperidine rings is 1. The lowest BCUT2D eigenvalue weighted by molar-refractivity contribution is -0.136. The Labute approximate surface area is 181 Å². The molecule has 1 saturated heterocycles. The van der Waals surface area contributed by atoms with E-state index in [1.807, 2.05) is 6.07 Å². The Morgan fingerprint density at radius 1 is 1.13 bits per heavy atom. The van der Waals surface area contributed by atoms with E-state index in [1.165, 1.54) is 23.1 Å². The van der Waals surface area contributed by atoms with Crippen molar-refractivity contribution in [3.63, 3.8) is 0 Å². The van der Waals surface area contributed by atoms with Crippen molar-refractivity contribution in [3.8, 4) is 11.4 Å². The highest BCUT2D eigenvalue weighted by atomic mass is 35.5. The fourth-order valence-electron chi connectivity index (χ4n) is 3.51. The van der Waals surface area contributed by atoms with Gasteiger partial charge in [-0.25, -0.2) is 4.79 Å².